The maximum absolute atomic E-state index is 9.17. The second kappa shape index (κ2) is 3.94. The van der Waals surface area contributed by atoms with Gasteiger partial charge in [-0.3, -0.25) is 0 Å². The fourth-order valence-corrected chi connectivity index (χ4v) is 1.93. The van der Waals surface area contributed by atoms with Crippen molar-refractivity contribution in [1.82, 2.24) is 0 Å². The summed E-state index contributed by atoms with van der Waals surface area (Å²) in [4.78, 5) is 0. The number of nitriles is 1. The molecule has 0 saturated heterocycles. The van der Waals surface area contributed by atoms with Crippen molar-refractivity contribution in [3.05, 3.63) is 29.3 Å². The minimum absolute atomic E-state index is 0.0144. The van der Waals surface area contributed by atoms with Crippen molar-refractivity contribution in [2.24, 2.45) is 5.92 Å². The van der Waals surface area contributed by atoms with E-state index in [0.717, 1.165) is 11.3 Å². The molecule has 1 saturated carbocycles. The Kier molecular flexibility index (Phi) is 2.64. The SMILES string of the molecule is COc1cc(C)ccc1C(C#N)C1CC1. The lowest BCUT2D eigenvalue weighted by molar-refractivity contribution is 0.406. The average molecular weight is 201 g/mol. The first-order valence-electron chi connectivity index (χ1n) is 5.30. The van der Waals surface area contributed by atoms with Gasteiger partial charge in [-0.05, 0) is 37.3 Å². The van der Waals surface area contributed by atoms with E-state index >= 15 is 0 Å². The molecule has 1 aliphatic rings. The summed E-state index contributed by atoms with van der Waals surface area (Å²) in [6.45, 7) is 2.03. The zero-order valence-electron chi connectivity index (χ0n) is 9.16. The van der Waals surface area contributed by atoms with Gasteiger partial charge in [0.2, 0.25) is 0 Å². The standard InChI is InChI=1S/C13H15NO/c1-9-3-6-11(13(7-9)15-2)12(8-14)10-4-5-10/h3,6-7,10,12H,4-5H2,1-2H3. The summed E-state index contributed by atoms with van der Waals surface area (Å²) in [5.74, 6) is 1.42. The van der Waals surface area contributed by atoms with E-state index in [9.17, 15) is 5.26 Å². The first-order valence-corrected chi connectivity index (χ1v) is 5.30. The molecule has 1 aromatic carbocycles. The Labute approximate surface area is 90.5 Å². The number of ether oxygens (including phenoxy) is 1. The Bertz CT molecular complexity index is 401. The van der Waals surface area contributed by atoms with Gasteiger partial charge in [-0.1, -0.05) is 12.1 Å². The van der Waals surface area contributed by atoms with Gasteiger partial charge < -0.3 is 4.74 Å². The second-order valence-corrected chi connectivity index (χ2v) is 4.19. The summed E-state index contributed by atoms with van der Waals surface area (Å²) < 4.78 is 5.34. The molecule has 1 fully saturated rings. The predicted octanol–water partition coefficient (Wildman–Crippen LogP) is 3.02. The molecule has 1 atom stereocenters. The monoisotopic (exact) mass is 201 g/mol. The van der Waals surface area contributed by atoms with E-state index in [-0.39, 0.29) is 5.92 Å². The minimum Gasteiger partial charge on any atom is -0.496 e. The van der Waals surface area contributed by atoms with Gasteiger partial charge in [0.15, 0.2) is 0 Å². The van der Waals surface area contributed by atoms with Crippen molar-refractivity contribution < 1.29 is 4.74 Å². The number of hydrogen-bond acceptors (Lipinski definition) is 2. The van der Waals surface area contributed by atoms with E-state index in [4.69, 9.17) is 4.74 Å². The van der Waals surface area contributed by atoms with Crippen molar-refractivity contribution in [2.75, 3.05) is 7.11 Å². The molecule has 0 N–H and O–H groups in total. The van der Waals surface area contributed by atoms with Gasteiger partial charge >= 0.3 is 0 Å². The third-order valence-electron chi connectivity index (χ3n) is 2.96. The van der Waals surface area contributed by atoms with Crippen molar-refractivity contribution in [2.45, 2.75) is 25.7 Å². The van der Waals surface area contributed by atoms with Crippen LogP contribution in [0.2, 0.25) is 0 Å². The zero-order chi connectivity index (χ0) is 10.8. The number of hydrogen-bond donors (Lipinski definition) is 0. The maximum atomic E-state index is 9.17. The number of aryl methyl sites for hydroxylation is 1. The van der Waals surface area contributed by atoms with Gasteiger partial charge in [0.05, 0.1) is 19.1 Å². The van der Waals surface area contributed by atoms with E-state index < -0.39 is 0 Å². The minimum atomic E-state index is 0.0144. The van der Waals surface area contributed by atoms with Crippen molar-refractivity contribution >= 4 is 0 Å². The molecule has 15 heavy (non-hydrogen) atoms. The number of nitrogens with zero attached hydrogens (tertiary/aromatic N) is 1. The number of rotatable bonds is 3. The summed E-state index contributed by atoms with van der Waals surface area (Å²) in [5.41, 5.74) is 2.22. The summed E-state index contributed by atoms with van der Waals surface area (Å²) >= 11 is 0. The molecule has 2 heteroatoms. The van der Waals surface area contributed by atoms with E-state index in [0.29, 0.717) is 5.92 Å². The molecule has 0 aliphatic heterocycles. The Morgan fingerprint density at radius 2 is 2.20 bits per heavy atom. The van der Waals surface area contributed by atoms with Crippen molar-refractivity contribution in [3.8, 4) is 11.8 Å². The summed E-state index contributed by atoms with van der Waals surface area (Å²) in [5, 5.41) is 9.17. The topological polar surface area (TPSA) is 33.0 Å². The van der Waals surface area contributed by atoms with Gasteiger partial charge in [0.25, 0.3) is 0 Å². The molecule has 2 nitrogen and oxygen atoms in total. The Morgan fingerprint density at radius 1 is 1.47 bits per heavy atom. The second-order valence-electron chi connectivity index (χ2n) is 4.19. The Morgan fingerprint density at radius 3 is 2.73 bits per heavy atom. The molecule has 2 rings (SSSR count). The molecular weight excluding hydrogens is 186 g/mol. The highest BCUT2D eigenvalue weighted by molar-refractivity contribution is 5.42. The molecule has 1 aromatic rings. The van der Waals surface area contributed by atoms with Crippen LogP contribution in [0.15, 0.2) is 18.2 Å². The van der Waals surface area contributed by atoms with E-state index in [1.807, 2.05) is 25.1 Å². The van der Waals surface area contributed by atoms with Crippen LogP contribution < -0.4 is 4.74 Å². The fraction of sp³-hybridized carbons (Fsp3) is 0.462. The lowest BCUT2D eigenvalue weighted by Gasteiger charge is -2.13. The van der Waals surface area contributed by atoms with Crippen LogP contribution in [0.3, 0.4) is 0 Å². The molecule has 78 valence electrons. The van der Waals surface area contributed by atoms with E-state index in [2.05, 4.69) is 6.07 Å². The zero-order valence-corrected chi connectivity index (χ0v) is 9.16. The average Bonchev–Trinajstić information content (AvgIpc) is 3.05. The van der Waals surface area contributed by atoms with Crippen molar-refractivity contribution in [3.63, 3.8) is 0 Å². The van der Waals surface area contributed by atoms with Crippen LogP contribution in [0.1, 0.15) is 29.9 Å². The molecule has 0 radical (unpaired) electrons. The molecule has 0 heterocycles. The van der Waals surface area contributed by atoms with Crippen LogP contribution in [-0.4, -0.2) is 7.11 Å². The third-order valence-corrected chi connectivity index (χ3v) is 2.96. The van der Waals surface area contributed by atoms with Crippen molar-refractivity contribution in [1.29, 1.82) is 5.26 Å². The van der Waals surface area contributed by atoms with Gasteiger partial charge in [0, 0.05) is 5.56 Å². The van der Waals surface area contributed by atoms with Crippen LogP contribution in [0.4, 0.5) is 0 Å². The van der Waals surface area contributed by atoms with E-state index in [1.165, 1.54) is 18.4 Å². The van der Waals surface area contributed by atoms with Gasteiger partial charge in [-0.15, -0.1) is 0 Å². The van der Waals surface area contributed by atoms with Crippen LogP contribution in [-0.2, 0) is 0 Å². The Hall–Kier alpha value is -1.49. The molecule has 1 unspecified atom stereocenters. The molecular formula is C13H15NO. The first kappa shape index (κ1) is 10.0. The highest BCUT2D eigenvalue weighted by atomic mass is 16.5. The summed E-state index contributed by atoms with van der Waals surface area (Å²) in [6.07, 6.45) is 2.35. The summed E-state index contributed by atoms with van der Waals surface area (Å²) in [7, 11) is 1.67. The fourth-order valence-electron chi connectivity index (χ4n) is 1.93. The maximum Gasteiger partial charge on any atom is 0.123 e. The molecule has 0 amide bonds. The quantitative estimate of drug-likeness (QED) is 0.753. The van der Waals surface area contributed by atoms with Crippen LogP contribution in [0.25, 0.3) is 0 Å². The lowest BCUT2D eigenvalue weighted by Crippen LogP contribution is -2.01. The largest absolute Gasteiger partial charge is 0.496 e. The Balaban J connectivity index is 2.37. The van der Waals surface area contributed by atoms with Gasteiger partial charge in [-0.2, -0.15) is 5.26 Å². The first-order chi connectivity index (χ1) is 7.26. The smallest absolute Gasteiger partial charge is 0.123 e. The molecule has 0 aromatic heterocycles. The number of methoxy groups -OCH3 is 1. The third kappa shape index (κ3) is 1.97. The summed E-state index contributed by atoms with van der Waals surface area (Å²) in [6, 6.07) is 8.47. The van der Waals surface area contributed by atoms with E-state index in [1.54, 1.807) is 7.11 Å². The molecule has 0 bridgehead atoms. The predicted molar refractivity (Wildman–Crippen MR) is 58.8 cm³/mol. The van der Waals surface area contributed by atoms with Crippen LogP contribution in [0, 0.1) is 24.2 Å². The number of benzene rings is 1. The van der Waals surface area contributed by atoms with Gasteiger partial charge in [-0.25, -0.2) is 0 Å². The highest BCUT2D eigenvalue weighted by Crippen LogP contribution is 2.44. The molecule has 0 spiro atoms. The normalized spacial score (nSPS) is 16.9. The van der Waals surface area contributed by atoms with Gasteiger partial charge in [0.1, 0.15) is 5.75 Å². The molecule has 1 aliphatic carbocycles. The van der Waals surface area contributed by atoms with Crippen LogP contribution in [0.5, 0.6) is 5.75 Å². The lowest BCUT2D eigenvalue weighted by atomic mass is 9.94. The van der Waals surface area contributed by atoms with Crippen LogP contribution >= 0.6 is 0 Å². The highest BCUT2D eigenvalue weighted by Gasteiger charge is 2.33.